The number of ether oxygens (including phenoxy) is 1. The molecule has 0 saturated carbocycles. The lowest BCUT2D eigenvalue weighted by atomic mass is 10.0. The number of carbonyl (C=O) groups excluding carboxylic acids is 1. The number of hydrogen-bond acceptors (Lipinski definition) is 5. The zero-order chi connectivity index (χ0) is 19.5. The van der Waals surface area contributed by atoms with E-state index in [-0.39, 0.29) is 6.10 Å². The molecule has 28 heavy (non-hydrogen) atoms. The van der Waals surface area contributed by atoms with E-state index < -0.39 is 19.0 Å². The average Bonchev–Trinajstić information content (AvgIpc) is 3.04. The number of piperidine rings is 1. The summed E-state index contributed by atoms with van der Waals surface area (Å²) < 4.78 is 30.0. The summed E-state index contributed by atoms with van der Waals surface area (Å²) in [7, 11) is 0. The molecule has 2 N–H and O–H groups in total. The third-order valence-electron chi connectivity index (χ3n) is 4.85. The highest BCUT2D eigenvalue weighted by atomic mass is 19.3. The molecule has 9 heteroatoms. The number of urea groups is 1. The van der Waals surface area contributed by atoms with Crippen molar-refractivity contribution in [3.05, 3.63) is 36.5 Å². The number of anilines is 2. The Kier molecular flexibility index (Phi) is 5.34. The van der Waals surface area contributed by atoms with Gasteiger partial charge in [-0.15, -0.1) is 0 Å². The van der Waals surface area contributed by atoms with Gasteiger partial charge in [0.25, 0.3) is 6.43 Å². The molecule has 0 aliphatic carbocycles. The summed E-state index contributed by atoms with van der Waals surface area (Å²) in [6.07, 6.45) is 0.546. The van der Waals surface area contributed by atoms with Gasteiger partial charge in [0, 0.05) is 36.5 Å². The van der Waals surface area contributed by atoms with Gasteiger partial charge in [0.05, 0.1) is 19.3 Å². The number of aromatic nitrogens is 2. The number of halogens is 2. The Morgan fingerprint density at radius 1 is 1.25 bits per heavy atom. The summed E-state index contributed by atoms with van der Waals surface area (Å²) in [4.78, 5) is 22.8. The lowest BCUT2D eigenvalue weighted by molar-refractivity contribution is 0.119. The van der Waals surface area contributed by atoms with Crippen LogP contribution in [0.1, 0.15) is 6.42 Å². The number of alkyl halides is 2. The minimum atomic E-state index is -2.58. The number of nitrogens with zero attached hydrogens (tertiary/aromatic N) is 3. The van der Waals surface area contributed by atoms with Crippen molar-refractivity contribution in [1.29, 1.82) is 0 Å². The molecule has 2 aliphatic rings. The monoisotopic (exact) mass is 389 g/mol. The third kappa shape index (κ3) is 4.36. The summed E-state index contributed by atoms with van der Waals surface area (Å²) in [6.45, 7) is 1.90. The second-order valence-corrected chi connectivity index (χ2v) is 7.00. The number of benzene rings is 1. The summed E-state index contributed by atoms with van der Waals surface area (Å²) in [6, 6.07) is 8.16. The molecule has 2 aliphatic heterocycles. The van der Waals surface area contributed by atoms with Gasteiger partial charge in [-0.1, -0.05) is 0 Å². The molecule has 7 nitrogen and oxygen atoms in total. The van der Waals surface area contributed by atoms with Crippen LogP contribution in [-0.4, -0.2) is 54.8 Å². The normalized spacial score (nSPS) is 21.0. The molecular weight excluding hydrogens is 368 g/mol. The molecule has 2 unspecified atom stereocenters. The Hall–Kier alpha value is -2.81. The van der Waals surface area contributed by atoms with E-state index in [2.05, 4.69) is 25.5 Å². The standard InChI is InChI=1S/C19H21F2N5O2/c20-16(21)8-23-19(27)24-14-3-1-13(2-4-14)18-22-6-5-17(25-18)26-9-12-7-15(10-26)28-11-12/h1-6,12,15-16H,7-11H2,(H2,23,24,27). The van der Waals surface area contributed by atoms with Crippen molar-refractivity contribution in [3.63, 3.8) is 0 Å². The Morgan fingerprint density at radius 3 is 2.82 bits per heavy atom. The summed E-state index contributed by atoms with van der Waals surface area (Å²) in [5.41, 5.74) is 1.30. The van der Waals surface area contributed by atoms with E-state index in [4.69, 9.17) is 4.74 Å². The maximum atomic E-state index is 12.1. The maximum absolute atomic E-state index is 12.1. The number of carbonyl (C=O) groups is 1. The van der Waals surface area contributed by atoms with Crippen LogP contribution in [-0.2, 0) is 4.74 Å². The predicted molar refractivity (Wildman–Crippen MR) is 101 cm³/mol. The van der Waals surface area contributed by atoms with Gasteiger partial charge in [-0.2, -0.15) is 0 Å². The molecule has 4 rings (SSSR count). The zero-order valence-electron chi connectivity index (χ0n) is 15.1. The van der Waals surface area contributed by atoms with E-state index in [1.165, 1.54) is 0 Å². The lowest BCUT2D eigenvalue weighted by Gasteiger charge is -2.31. The first-order valence-electron chi connectivity index (χ1n) is 9.20. The predicted octanol–water partition coefficient (Wildman–Crippen LogP) is 2.76. The molecule has 1 aromatic carbocycles. The molecule has 2 bridgehead atoms. The van der Waals surface area contributed by atoms with E-state index in [0.717, 1.165) is 37.5 Å². The highest BCUT2D eigenvalue weighted by Gasteiger charge is 2.34. The molecule has 1 aromatic heterocycles. The van der Waals surface area contributed by atoms with Crippen LogP contribution >= 0.6 is 0 Å². The van der Waals surface area contributed by atoms with Gasteiger partial charge in [-0.3, -0.25) is 0 Å². The van der Waals surface area contributed by atoms with E-state index in [1.54, 1.807) is 30.5 Å². The number of fused-ring (bicyclic) bond motifs is 2. The van der Waals surface area contributed by atoms with Crippen LogP contribution in [0.4, 0.5) is 25.1 Å². The Balaban J connectivity index is 1.42. The van der Waals surface area contributed by atoms with Crippen LogP contribution in [0.2, 0.25) is 0 Å². The molecule has 2 aromatic rings. The van der Waals surface area contributed by atoms with E-state index in [9.17, 15) is 13.6 Å². The van der Waals surface area contributed by atoms with E-state index in [1.807, 2.05) is 6.07 Å². The molecule has 3 heterocycles. The highest BCUT2D eigenvalue weighted by molar-refractivity contribution is 5.89. The summed E-state index contributed by atoms with van der Waals surface area (Å²) in [5, 5.41) is 4.60. The quantitative estimate of drug-likeness (QED) is 0.822. The van der Waals surface area contributed by atoms with Crippen molar-refractivity contribution < 1.29 is 18.3 Å². The van der Waals surface area contributed by atoms with Crippen molar-refractivity contribution in [2.24, 2.45) is 5.92 Å². The van der Waals surface area contributed by atoms with Gasteiger partial charge >= 0.3 is 6.03 Å². The molecule has 2 saturated heterocycles. The van der Waals surface area contributed by atoms with Crippen molar-refractivity contribution in [2.75, 3.05) is 36.5 Å². The van der Waals surface area contributed by atoms with Crippen molar-refractivity contribution in [1.82, 2.24) is 15.3 Å². The zero-order valence-corrected chi connectivity index (χ0v) is 15.1. The molecular formula is C19H21F2N5O2. The smallest absolute Gasteiger partial charge is 0.319 e. The topological polar surface area (TPSA) is 79.4 Å². The average molecular weight is 389 g/mol. The SMILES string of the molecule is O=C(NCC(F)F)Nc1ccc(-c2nccc(N3CC4COC(C4)C3)n2)cc1. The fourth-order valence-electron chi connectivity index (χ4n) is 3.57. The maximum Gasteiger partial charge on any atom is 0.319 e. The molecule has 2 atom stereocenters. The van der Waals surface area contributed by atoms with Crippen LogP contribution in [0.25, 0.3) is 11.4 Å². The van der Waals surface area contributed by atoms with Gasteiger partial charge in [0.1, 0.15) is 5.82 Å². The first-order chi connectivity index (χ1) is 13.6. The fourth-order valence-corrected chi connectivity index (χ4v) is 3.57. The number of rotatable bonds is 5. The van der Waals surface area contributed by atoms with Crippen LogP contribution in [0.15, 0.2) is 36.5 Å². The minimum Gasteiger partial charge on any atom is -0.376 e. The third-order valence-corrected chi connectivity index (χ3v) is 4.85. The second kappa shape index (κ2) is 8.05. The lowest BCUT2D eigenvalue weighted by Crippen LogP contribution is -2.39. The number of hydrogen-bond donors (Lipinski definition) is 2. The van der Waals surface area contributed by atoms with E-state index >= 15 is 0 Å². The number of nitrogens with one attached hydrogen (secondary N) is 2. The van der Waals surface area contributed by atoms with Gasteiger partial charge in [0.2, 0.25) is 0 Å². The van der Waals surface area contributed by atoms with Crippen LogP contribution in [0, 0.1) is 5.92 Å². The highest BCUT2D eigenvalue weighted by Crippen LogP contribution is 2.30. The van der Waals surface area contributed by atoms with Gasteiger partial charge in [-0.05, 0) is 36.8 Å². The van der Waals surface area contributed by atoms with Crippen LogP contribution in [0.5, 0.6) is 0 Å². The first kappa shape index (κ1) is 18.5. The van der Waals surface area contributed by atoms with E-state index in [0.29, 0.717) is 17.4 Å². The van der Waals surface area contributed by atoms with Crippen LogP contribution in [0.3, 0.4) is 0 Å². The van der Waals surface area contributed by atoms with Gasteiger partial charge in [0.15, 0.2) is 5.82 Å². The Labute approximate surface area is 161 Å². The van der Waals surface area contributed by atoms with Gasteiger partial charge in [-0.25, -0.2) is 23.5 Å². The molecule has 2 amide bonds. The Morgan fingerprint density at radius 2 is 2.07 bits per heavy atom. The summed E-state index contributed by atoms with van der Waals surface area (Å²) >= 11 is 0. The minimum absolute atomic E-state index is 0.277. The van der Waals surface area contributed by atoms with Crippen molar-refractivity contribution >= 4 is 17.5 Å². The Bertz CT molecular complexity index is 821. The first-order valence-corrected chi connectivity index (χ1v) is 9.20. The summed E-state index contributed by atoms with van der Waals surface area (Å²) in [5.74, 6) is 2.02. The van der Waals surface area contributed by atoms with Crippen molar-refractivity contribution in [2.45, 2.75) is 19.0 Å². The second-order valence-electron chi connectivity index (χ2n) is 7.00. The number of amides is 2. The molecule has 2 fully saturated rings. The fraction of sp³-hybridized carbons (Fsp3) is 0.421. The molecule has 148 valence electrons. The van der Waals surface area contributed by atoms with Gasteiger partial charge < -0.3 is 20.3 Å². The van der Waals surface area contributed by atoms with Crippen LogP contribution < -0.4 is 15.5 Å². The molecule has 0 spiro atoms. The largest absolute Gasteiger partial charge is 0.376 e. The molecule has 0 radical (unpaired) electrons. The van der Waals surface area contributed by atoms with Crippen molar-refractivity contribution in [3.8, 4) is 11.4 Å².